The molecule has 0 aliphatic heterocycles. The van der Waals surface area contributed by atoms with Crippen molar-refractivity contribution in [2.45, 2.75) is 25.4 Å². The van der Waals surface area contributed by atoms with Gasteiger partial charge in [0.15, 0.2) is 0 Å². The first-order valence-corrected chi connectivity index (χ1v) is 9.11. The number of hydrogen-bond donors (Lipinski definition) is 3. The van der Waals surface area contributed by atoms with Crippen LogP contribution in [0.4, 0.5) is 0 Å². The molecule has 0 radical (unpaired) electrons. The van der Waals surface area contributed by atoms with Gasteiger partial charge in [-0.25, -0.2) is 0 Å². The fourth-order valence-corrected chi connectivity index (χ4v) is 2.67. The second-order valence-electron chi connectivity index (χ2n) is 5.66. The van der Waals surface area contributed by atoms with Crippen molar-refractivity contribution in [1.82, 2.24) is 10.2 Å². The first-order valence-electron chi connectivity index (χ1n) is 7.96. The summed E-state index contributed by atoms with van der Waals surface area (Å²) in [6.45, 7) is 2.09. The van der Waals surface area contributed by atoms with Gasteiger partial charge in [0, 0.05) is 25.8 Å². The predicted molar refractivity (Wildman–Crippen MR) is 98.4 cm³/mol. The van der Waals surface area contributed by atoms with Gasteiger partial charge in [-0.05, 0) is 24.6 Å². The van der Waals surface area contributed by atoms with Crippen molar-refractivity contribution >= 4 is 29.9 Å². The zero-order valence-electron chi connectivity index (χ0n) is 14.5. The van der Waals surface area contributed by atoms with Crippen LogP contribution < -0.4 is 11.1 Å². The van der Waals surface area contributed by atoms with E-state index in [1.165, 1.54) is 35.8 Å². The van der Waals surface area contributed by atoms with E-state index in [0.29, 0.717) is 18.6 Å². The Bertz CT molecular complexity index is 580. The Kier molecular flexibility index (Phi) is 9.01. The van der Waals surface area contributed by atoms with E-state index in [2.05, 4.69) is 5.32 Å². The second kappa shape index (κ2) is 10.7. The molecule has 0 saturated heterocycles. The van der Waals surface area contributed by atoms with E-state index in [-0.39, 0.29) is 29.7 Å². The van der Waals surface area contributed by atoms with Crippen LogP contribution in [0.5, 0.6) is 5.75 Å². The fraction of sp³-hybridized carbons (Fsp3) is 0.471. The molecule has 0 aliphatic rings. The molecule has 0 bridgehead atoms. The Hall–Kier alpha value is -2.06. The number of nitrogens with one attached hydrogen (secondary N) is 1. The SMILES string of the molecule is C[C@@H](C=O)N(C)C(=O)[C@H](Cc1ccc(O)cc1)NC(=O)CSCCN. The number of nitrogens with two attached hydrogens (primary N) is 1. The maximum atomic E-state index is 12.7. The number of thioether (sulfide) groups is 1. The van der Waals surface area contributed by atoms with E-state index < -0.39 is 12.1 Å². The lowest BCUT2D eigenvalue weighted by Crippen LogP contribution is -2.51. The van der Waals surface area contributed by atoms with Crippen molar-refractivity contribution in [3.8, 4) is 5.75 Å². The summed E-state index contributed by atoms with van der Waals surface area (Å²) in [5, 5.41) is 12.1. The molecule has 1 rings (SSSR count). The number of aromatic hydroxyl groups is 1. The number of rotatable bonds is 10. The molecule has 0 heterocycles. The van der Waals surface area contributed by atoms with E-state index in [9.17, 15) is 19.5 Å². The number of hydrogen-bond acceptors (Lipinski definition) is 6. The van der Waals surface area contributed by atoms with Crippen LogP contribution in [0.2, 0.25) is 0 Å². The van der Waals surface area contributed by atoms with Crippen molar-refractivity contribution in [3.05, 3.63) is 29.8 Å². The van der Waals surface area contributed by atoms with Crippen molar-refractivity contribution in [3.63, 3.8) is 0 Å². The maximum absolute atomic E-state index is 12.7. The van der Waals surface area contributed by atoms with Crippen LogP contribution in [0.15, 0.2) is 24.3 Å². The Morgan fingerprint density at radius 3 is 2.56 bits per heavy atom. The summed E-state index contributed by atoms with van der Waals surface area (Å²) >= 11 is 1.39. The summed E-state index contributed by atoms with van der Waals surface area (Å²) < 4.78 is 0. The number of nitrogens with zero attached hydrogens (tertiary/aromatic N) is 1. The molecule has 0 aromatic heterocycles. The normalized spacial score (nSPS) is 12.9. The zero-order valence-corrected chi connectivity index (χ0v) is 15.3. The molecule has 1 aromatic rings. The monoisotopic (exact) mass is 367 g/mol. The van der Waals surface area contributed by atoms with Crippen molar-refractivity contribution < 1.29 is 19.5 Å². The highest BCUT2D eigenvalue weighted by Gasteiger charge is 2.26. The molecule has 0 aliphatic carbocycles. The molecule has 1 aromatic carbocycles. The van der Waals surface area contributed by atoms with E-state index in [1.54, 1.807) is 19.1 Å². The highest BCUT2D eigenvalue weighted by atomic mass is 32.2. The second-order valence-corrected chi connectivity index (χ2v) is 6.76. The minimum absolute atomic E-state index is 0.126. The lowest BCUT2D eigenvalue weighted by atomic mass is 10.0. The van der Waals surface area contributed by atoms with Gasteiger partial charge in [0.05, 0.1) is 11.8 Å². The van der Waals surface area contributed by atoms with Gasteiger partial charge in [-0.2, -0.15) is 11.8 Å². The Morgan fingerprint density at radius 2 is 2.00 bits per heavy atom. The molecule has 2 atom stereocenters. The first-order chi connectivity index (χ1) is 11.9. The van der Waals surface area contributed by atoms with Gasteiger partial charge < -0.3 is 25.9 Å². The zero-order chi connectivity index (χ0) is 18.8. The largest absolute Gasteiger partial charge is 0.508 e. The third-order valence-electron chi connectivity index (χ3n) is 3.66. The molecule has 4 N–H and O–H groups in total. The van der Waals surface area contributed by atoms with E-state index in [0.717, 1.165) is 5.56 Å². The molecule has 0 saturated carbocycles. The van der Waals surface area contributed by atoms with Gasteiger partial charge in [-0.15, -0.1) is 0 Å². The fourth-order valence-electron chi connectivity index (χ4n) is 2.09. The quantitative estimate of drug-likeness (QED) is 0.401. The summed E-state index contributed by atoms with van der Waals surface area (Å²) in [5.74, 6) is 0.392. The van der Waals surface area contributed by atoms with Crippen LogP contribution in [0.25, 0.3) is 0 Å². The average molecular weight is 367 g/mol. The average Bonchev–Trinajstić information content (AvgIpc) is 2.61. The van der Waals surface area contributed by atoms with Gasteiger partial charge in [0.25, 0.3) is 0 Å². The Morgan fingerprint density at radius 1 is 1.36 bits per heavy atom. The van der Waals surface area contributed by atoms with E-state index >= 15 is 0 Å². The van der Waals surface area contributed by atoms with Gasteiger partial charge >= 0.3 is 0 Å². The lowest BCUT2D eigenvalue weighted by molar-refractivity contribution is -0.138. The van der Waals surface area contributed by atoms with Crippen LogP contribution in [0.1, 0.15) is 12.5 Å². The number of benzene rings is 1. The number of carbonyl (C=O) groups is 3. The van der Waals surface area contributed by atoms with Crippen molar-refractivity contribution in [1.29, 1.82) is 0 Å². The summed E-state index contributed by atoms with van der Waals surface area (Å²) in [5.41, 5.74) is 6.19. The van der Waals surface area contributed by atoms with Crippen molar-refractivity contribution in [2.75, 3.05) is 25.1 Å². The van der Waals surface area contributed by atoms with E-state index in [4.69, 9.17) is 5.73 Å². The molecule has 25 heavy (non-hydrogen) atoms. The molecule has 8 heteroatoms. The molecule has 0 spiro atoms. The van der Waals surface area contributed by atoms with Gasteiger partial charge in [-0.1, -0.05) is 12.1 Å². The lowest BCUT2D eigenvalue weighted by Gasteiger charge is -2.27. The van der Waals surface area contributed by atoms with Crippen LogP contribution in [-0.2, 0) is 20.8 Å². The maximum Gasteiger partial charge on any atom is 0.245 e. The highest BCUT2D eigenvalue weighted by Crippen LogP contribution is 2.13. The number of phenolic OH excluding ortho intramolecular Hbond substituents is 1. The number of amides is 2. The van der Waals surface area contributed by atoms with Crippen molar-refractivity contribution in [2.24, 2.45) is 5.73 Å². The van der Waals surface area contributed by atoms with E-state index in [1.807, 2.05) is 0 Å². The highest BCUT2D eigenvalue weighted by molar-refractivity contribution is 7.99. The van der Waals surface area contributed by atoms with Crippen LogP contribution in [0, 0.1) is 0 Å². The first kappa shape index (κ1) is 21.0. The Balaban J connectivity index is 2.84. The van der Waals surface area contributed by atoms with Crippen LogP contribution >= 0.6 is 11.8 Å². The van der Waals surface area contributed by atoms with Gasteiger partial charge in [0.2, 0.25) is 11.8 Å². The molecule has 0 fully saturated rings. The third-order valence-corrected chi connectivity index (χ3v) is 4.65. The third kappa shape index (κ3) is 7.15. The molecule has 138 valence electrons. The number of likely N-dealkylation sites (N-methyl/N-ethyl adjacent to an activating group) is 1. The molecular weight excluding hydrogens is 342 g/mol. The number of carbonyl (C=O) groups excluding carboxylic acids is 3. The molecular formula is C17H25N3O4S. The smallest absolute Gasteiger partial charge is 0.245 e. The minimum atomic E-state index is -0.789. The molecule has 7 nitrogen and oxygen atoms in total. The summed E-state index contributed by atoms with van der Waals surface area (Å²) in [6.07, 6.45) is 0.941. The van der Waals surface area contributed by atoms with Crippen LogP contribution in [-0.4, -0.2) is 65.3 Å². The topological polar surface area (TPSA) is 113 Å². The number of phenols is 1. The molecule has 0 unspecified atom stereocenters. The van der Waals surface area contributed by atoms with Crippen LogP contribution in [0.3, 0.4) is 0 Å². The van der Waals surface area contributed by atoms with Gasteiger partial charge in [0.1, 0.15) is 18.1 Å². The van der Waals surface area contributed by atoms with Gasteiger partial charge in [-0.3, -0.25) is 9.59 Å². The minimum Gasteiger partial charge on any atom is -0.508 e. The predicted octanol–water partition coefficient (Wildman–Crippen LogP) is 0.157. The summed E-state index contributed by atoms with van der Waals surface area (Å²) in [4.78, 5) is 37.0. The standard InChI is InChI=1S/C17H25N3O4S/c1-12(10-21)20(2)17(24)15(19-16(23)11-25-8-7-18)9-13-3-5-14(22)6-4-13/h3-6,10,12,15,22H,7-9,11,18H2,1-2H3,(H,19,23)/t12-,15-/m0/s1. The number of aldehydes is 1. The molecule has 2 amide bonds. The Labute approximate surface area is 151 Å². The summed E-state index contributed by atoms with van der Waals surface area (Å²) in [6, 6.07) is 5.05. The summed E-state index contributed by atoms with van der Waals surface area (Å²) in [7, 11) is 1.53.